The summed E-state index contributed by atoms with van der Waals surface area (Å²) in [7, 11) is -1.68. The van der Waals surface area contributed by atoms with Crippen LogP contribution in [0.3, 0.4) is 0 Å². The Morgan fingerprint density at radius 2 is 1.74 bits per heavy atom. The first-order valence-corrected chi connectivity index (χ1v) is 8.92. The highest BCUT2D eigenvalue weighted by Crippen LogP contribution is 2.42. The lowest BCUT2D eigenvalue weighted by Gasteiger charge is -2.21. The Hall–Kier alpha value is -1.21. The highest BCUT2D eigenvalue weighted by Gasteiger charge is 2.37. The molecular formula is C16H28O6S. The van der Waals surface area contributed by atoms with Gasteiger partial charge in [0.25, 0.3) is 0 Å². The largest absolute Gasteiger partial charge is 0.469 e. The van der Waals surface area contributed by atoms with Crippen LogP contribution in [0.2, 0.25) is 0 Å². The van der Waals surface area contributed by atoms with E-state index in [0.717, 1.165) is 19.3 Å². The van der Waals surface area contributed by atoms with E-state index in [1.807, 2.05) is 0 Å². The van der Waals surface area contributed by atoms with Crippen LogP contribution in [-0.2, 0) is 20.1 Å². The van der Waals surface area contributed by atoms with Crippen LogP contribution in [0.1, 0.15) is 46.0 Å². The molecule has 0 aliphatic heterocycles. The SMILES string of the molecule is COC(=O)CCC/C=C\C[C@@H]1[C@@H](CO)[C@H](C)C[C@@H]1C.O=S(=O)=O. The number of hydrogen-bond donors (Lipinski definition) is 1. The zero-order chi connectivity index (χ0) is 17.8. The molecule has 1 aliphatic carbocycles. The minimum absolute atomic E-state index is 0.132. The zero-order valence-electron chi connectivity index (χ0n) is 14.1. The predicted molar refractivity (Wildman–Crippen MR) is 86.3 cm³/mol. The van der Waals surface area contributed by atoms with Crippen LogP contribution in [0, 0.1) is 23.7 Å². The molecule has 1 saturated carbocycles. The standard InChI is InChI=1S/C16H28O3.O3S/c1-12-10-13(2)15(11-17)14(12)8-6-4-5-7-9-16(18)19-3;1-4(2)3/h4,6,12-15,17H,5,7-11H2,1-3H3;/b6-4-;/t12-,13+,14-,15-;/m0./s1. The Kier molecular flexibility index (Phi) is 11.6. The Balaban J connectivity index is 0.00000108. The van der Waals surface area contributed by atoms with E-state index >= 15 is 0 Å². The molecule has 0 radical (unpaired) electrons. The third kappa shape index (κ3) is 9.50. The number of unbranched alkanes of at least 4 members (excludes halogenated alkanes) is 1. The summed E-state index contributed by atoms with van der Waals surface area (Å²) in [6.45, 7) is 4.85. The number of aliphatic hydroxyl groups excluding tert-OH is 1. The van der Waals surface area contributed by atoms with Crippen molar-refractivity contribution in [1.82, 2.24) is 0 Å². The summed E-state index contributed by atoms with van der Waals surface area (Å²) in [6.07, 6.45) is 8.93. The van der Waals surface area contributed by atoms with Gasteiger partial charge in [-0.1, -0.05) is 26.0 Å². The van der Waals surface area contributed by atoms with Gasteiger partial charge in [-0.2, -0.15) is 0 Å². The number of carbonyl (C=O) groups is 1. The lowest BCUT2D eigenvalue weighted by molar-refractivity contribution is -0.140. The Morgan fingerprint density at radius 1 is 1.17 bits per heavy atom. The molecule has 0 spiro atoms. The monoisotopic (exact) mass is 348 g/mol. The number of esters is 1. The van der Waals surface area contributed by atoms with Crippen molar-refractivity contribution in [2.75, 3.05) is 13.7 Å². The van der Waals surface area contributed by atoms with Crippen LogP contribution in [0.5, 0.6) is 0 Å². The maximum Gasteiger partial charge on any atom is 0.425 e. The second-order valence-electron chi connectivity index (χ2n) is 6.08. The molecule has 0 saturated heterocycles. The summed E-state index contributed by atoms with van der Waals surface area (Å²) in [5, 5.41) is 9.48. The van der Waals surface area contributed by atoms with E-state index in [0.29, 0.717) is 36.7 Å². The number of carbonyl (C=O) groups excluding carboxylic acids is 1. The van der Waals surface area contributed by atoms with Crippen LogP contribution < -0.4 is 0 Å². The first-order chi connectivity index (χ1) is 10.8. The molecule has 0 aromatic carbocycles. The van der Waals surface area contributed by atoms with Gasteiger partial charge in [0.1, 0.15) is 0 Å². The normalized spacial score (nSPS) is 26.6. The van der Waals surface area contributed by atoms with Gasteiger partial charge in [-0.3, -0.25) is 4.79 Å². The third-order valence-corrected chi connectivity index (χ3v) is 4.52. The molecule has 1 N–H and O–H groups in total. The summed E-state index contributed by atoms with van der Waals surface area (Å²) in [6, 6.07) is 0. The fraction of sp³-hybridized carbons (Fsp3) is 0.812. The number of hydrogen-bond acceptors (Lipinski definition) is 6. The molecule has 0 unspecified atom stereocenters. The van der Waals surface area contributed by atoms with Gasteiger partial charge in [-0.15, -0.1) is 12.6 Å². The topological polar surface area (TPSA) is 97.7 Å². The van der Waals surface area contributed by atoms with Gasteiger partial charge < -0.3 is 9.84 Å². The number of methoxy groups -OCH3 is 1. The van der Waals surface area contributed by atoms with Gasteiger partial charge in [-0.25, -0.2) is 0 Å². The summed E-state index contributed by atoms with van der Waals surface area (Å²) in [5.74, 6) is 2.27. The van der Waals surface area contributed by atoms with Crippen molar-refractivity contribution < 1.29 is 27.3 Å². The average Bonchev–Trinajstić information content (AvgIpc) is 2.75. The quantitative estimate of drug-likeness (QED) is 0.430. The molecule has 0 aromatic heterocycles. The summed E-state index contributed by atoms with van der Waals surface area (Å²) in [5.41, 5.74) is 0. The van der Waals surface area contributed by atoms with Crippen molar-refractivity contribution in [2.24, 2.45) is 23.7 Å². The Bertz CT molecular complexity index is 463. The Morgan fingerprint density at radius 3 is 2.26 bits per heavy atom. The first kappa shape index (κ1) is 21.8. The molecule has 6 nitrogen and oxygen atoms in total. The molecule has 0 amide bonds. The van der Waals surface area contributed by atoms with E-state index in [2.05, 4.69) is 30.7 Å². The van der Waals surface area contributed by atoms with Crippen molar-refractivity contribution in [2.45, 2.75) is 46.0 Å². The fourth-order valence-corrected chi connectivity index (χ4v) is 3.34. The number of ether oxygens (including phenoxy) is 1. The minimum Gasteiger partial charge on any atom is -0.469 e. The van der Waals surface area contributed by atoms with E-state index < -0.39 is 10.6 Å². The molecule has 134 valence electrons. The van der Waals surface area contributed by atoms with Gasteiger partial charge in [-0.05, 0) is 49.4 Å². The van der Waals surface area contributed by atoms with E-state index in [9.17, 15) is 9.90 Å². The summed E-state index contributed by atoms with van der Waals surface area (Å²) < 4.78 is 29.9. The van der Waals surface area contributed by atoms with Gasteiger partial charge >= 0.3 is 16.6 Å². The zero-order valence-corrected chi connectivity index (χ0v) is 14.9. The molecule has 1 aliphatic rings. The third-order valence-electron chi connectivity index (χ3n) is 4.52. The molecule has 1 rings (SSSR count). The summed E-state index contributed by atoms with van der Waals surface area (Å²) >= 11 is 0. The first-order valence-electron chi connectivity index (χ1n) is 7.92. The lowest BCUT2D eigenvalue weighted by atomic mass is 9.86. The van der Waals surface area contributed by atoms with Crippen LogP contribution in [0.25, 0.3) is 0 Å². The van der Waals surface area contributed by atoms with Gasteiger partial charge in [0.2, 0.25) is 0 Å². The van der Waals surface area contributed by atoms with Crippen LogP contribution >= 0.6 is 0 Å². The maximum atomic E-state index is 10.9. The van der Waals surface area contributed by atoms with E-state index in [4.69, 9.17) is 12.6 Å². The highest BCUT2D eigenvalue weighted by molar-refractivity contribution is 7.59. The smallest absolute Gasteiger partial charge is 0.425 e. The summed E-state index contributed by atoms with van der Waals surface area (Å²) in [4.78, 5) is 10.9. The van der Waals surface area contributed by atoms with Crippen LogP contribution in [-0.4, -0.2) is 37.4 Å². The maximum absolute atomic E-state index is 10.9. The van der Waals surface area contributed by atoms with Gasteiger partial charge in [0.05, 0.1) is 7.11 Å². The van der Waals surface area contributed by atoms with Crippen LogP contribution in [0.15, 0.2) is 12.2 Å². The molecule has 1 fully saturated rings. The van der Waals surface area contributed by atoms with Gasteiger partial charge in [0.15, 0.2) is 0 Å². The molecular weight excluding hydrogens is 320 g/mol. The highest BCUT2D eigenvalue weighted by atomic mass is 32.2. The van der Waals surface area contributed by atoms with Crippen molar-refractivity contribution in [1.29, 1.82) is 0 Å². The molecule has 0 heterocycles. The molecule has 0 aromatic rings. The molecule has 0 bridgehead atoms. The second-order valence-corrected chi connectivity index (χ2v) is 6.49. The fourth-order valence-electron chi connectivity index (χ4n) is 3.34. The Labute approximate surface area is 140 Å². The van der Waals surface area contributed by atoms with Crippen molar-refractivity contribution in [3.8, 4) is 0 Å². The number of aliphatic hydroxyl groups is 1. The predicted octanol–water partition coefficient (Wildman–Crippen LogP) is 2.17. The molecule has 23 heavy (non-hydrogen) atoms. The van der Waals surface area contributed by atoms with E-state index in [-0.39, 0.29) is 5.97 Å². The minimum atomic E-state index is -3.11. The van der Waals surface area contributed by atoms with Crippen LogP contribution in [0.4, 0.5) is 0 Å². The molecule has 4 atom stereocenters. The number of allylic oxidation sites excluding steroid dienone is 2. The van der Waals surface area contributed by atoms with E-state index in [1.165, 1.54) is 13.5 Å². The van der Waals surface area contributed by atoms with Crippen molar-refractivity contribution >= 4 is 16.6 Å². The van der Waals surface area contributed by atoms with E-state index in [1.54, 1.807) is 0 Å². The number of rotatable bonds is 7. The van der Waals surface area contributed by atoms with Crippen molar-refractivity contribution in [3.63, 3.8) is 0 Å². The van der Waals surface area contributed by atoms with Crippen molar-refractivity contribution in [3.05, 3.63) is 12.2 Å². The van der Waals surface area contributed by atoms with Gasteiger partial charge in [0, 0.05) is 13.0 Å². The average molecular weight is 348 g/mol. The lowest BCUT2D eigenvalue weighted by Crippen LogP contribution is -2.19. The second kappa shape index (κ2) is 12.2. The molecule has 7 heteroatoms.